The van der Waals surface area contributed by atoms with Gasteiger partial charge in [0.2, 0.25) is 5.78 Å². The minimum atomic E-state index is 0.911. The van der Waals surface area contributed by atoms with E-state index in [1.54, 1.807) is 0 Å². The zero-order valence-electron chi connectivity index (χ0n) is 35.6. The quantitative estimate of drug-likeness (QED) is 0.175. The maximum atomic E-state index is 5.22. The van der Waals surface area contributed by atoms with Crippen LogP contribution < -0.4 is 0 Å². The van der Waals surface area contributed by atoms with Gasteiger partial charge in [0.05, 0.1) is 38.8 Å². The number of imidazole rings is 2. The van der Waals surface area contributed by atoms with Crippen LogP contribution in [0.3, 0.4) is 0 Å². The molecule has 0 aliphatic heterocycles. The molecule has 13 rings (SSSR count). The van der Waals surface area contributed by atoms with E-state index >= 15 is 0 Å². The van der Waals surface area contributed by atoms with Crippen LogP contribution in [0, 0.1) is 27.7 Å². The van der Waals surface area contributed by atoms with Crippen molar-refractivity contribution in [2.75, 3.05) is 0 Å². The van der Waals surface area contributed by atoms with Gasteiger partial charge in [-0.3, -0.25) is 8.97 Å². The van der Waals surface area contributed by atoms with E-state index in [2.05, 4.69) is 223 Å². The Hall–Kier alpha value is -7.95. The highest BCUT2D eigenvalue weighted by Crippen LogP contribution is 2.53. The van der Waals surface area contributed by atoms with Crippen molar-refractivity contribution in [3.63, 3.8) is 0 Å². The second-order valence-corrected chi connectivity index (χ2v) is 17.2. The van der Waals surface area contributed by atoms with E-state index in [1.807, 2.05) is 0 Å². The van der Waals surface area contributed by atoms with Crippen LogP contribution in [0.25, 0.3) is 117 Å². The van der Waals surface area contributed by atoms with Gasteiger partial charge in [-0.15, -0.1) is 0 Å². The van der Waals surface area contributed by atoms with Gasteiger partial charge in [-0.05, 0) is 149 Å². The molecule has 0 N–H and O–H groups in total. The lowest BCUT2D eigenvalue weighted by atomic mass is 9.77. The molecule has 1 aliphatic rings. The van der Waals surface area contributed by atoms with Crippen molar-refractivity contribution >= 4 is 49.7 Å². The van der Waals surface area contributed by atoms with Gasteiger partial charge < -0.3 is 4.57 Å². The molecule has 3 heterocycles. The van der Waals surface area contributed by atoms with Gasteiger partial charge in [0.15, 0.2) is 0 Å². The Balaban J connectivity index is 1.13. The molecule has 298 valence electrons. The van der Waals surface area contributed by atoms with Gasteiger partial charge >= 0.3 is 0 Å². The van der Waals surface area contributed by atoms with Gasteiger partial charge in [0.25, 0.3) is 0 Å². The van der Waals surface area contributed by atoms with Crippen LogP contribution >= 0.6 is 0 Å². The predicted octanol–water partition coefficient (Wildman–Crippen LogP) is 15.4. The highest BCUT2D eigenvalue weighted by atomic mass is 15.2. The topological polar surface area (TPSA) is 27.2 Å². The number of aromatic nitrogens is 4. The van der Waals surface area contributed by atoms with Gasteiger partial charge in [-0.2, -0.15) is 0 Å². The van der Waals surface area contributed by atoms with E-state index in [-0.39, 0.29) is 0 Å². The second kappa shape index (κ2) is 13.3. The lowest BCUT2D eigenvalue weighted by molar-refractivity contribution is 1.10. The summed E-state index contributed by atoms with van der Waals surface area (Å²) in [6.07, 6.45) is 0. The molecule has 3 aromatic heterocycles. The lowest BCUT2D eigenvalue weighted by Gasteiger charge is -2.28. The molecule has 1 aliphatic carbocycles. The molecular formula is C59H42N4. The molecule has 0 bridgehead atoms. The van der Waals surface area contributed by atoms with E-state index < -0.39 is 0 Å². The molecule has 0 amide bonds. The Labute approximate surface area is 365 Å². The van der Waals surface area contributed by atoms with E-state index in [1.165, 1.54) is 105 Å². The van der Waals surface area contributed by atoms with E-state index in [9.17, 15) is 0 Å². The van der Waals surface area contributed by atoms with Gasteiger partial charge in [-0.1, -0.05) is 133 Å². The van der Waals surface area contributed by atoms with Crippen molar-refractivity contribution in [1.29, 1.82) is 0 Å². The Bertz CT molecular complexity index is 3900. The number of para-hydroxylation sites is 5. The summed E-state index contributed by atoms with van der Waals surface area (Å²) in [5, 5.41) is 2.42. The Morgan fingerprint density at radius 2 is 0.841 bits per heavy atom. The zero-order chi connectivity index (χ0) is 42.1. The Morgan fingerprint density at radius 1 is 0.333 bits per heavy atom. The SMILES string of the molecule is Cc1c(C)c(C)c(-n2c3ccccc3c3cc(-n4c5ccccc5n5c6ccccc6nc45)ccc32)c(-c2cccc3c2-c2ccccc2-c2ccccc2-c2ccccc2-3)c1C. The molecule has 12 aromatic rings. The normalized spacial score (nSPS) is 12.1. The van der Waals surface area contributed by atoms with E-state index in [0.29, 0.717) is 0 Å². The number of hydrogen-bond acceptors (Lipinski definition) is 1. The number of rotatable bonds is 3. The molecule has 0 saturated heterocycles. The van der Waals surface area contributed by atoms with Crippen molar-refractivity contribution in [2.24, 2.45) is 0 Å². The average Bonchev–Trinajstić information content (AvgIpc) is 3.98. The summed E-state index contributed by atoms with van der Waals surface area (Å²) in [4.78, 5) is 5.22. The maximum Gasteiger partial charge on any atom is 0.220 e. The fourth-order valence-electron chi connectivity index (χ4n) is 11.0. The first-order valence-electron chi connectivity index (χ1n) is 21.9. The number of hydrogen-bond donors (Lipinski definition) is 0. The summed E-state index contributed by atoms with van der Waals surface area (Å²) in [5.74, 6) is 0.911. The standard InChI is InChI=1S/C59H42N4/c1-35-36(2)38(4)58(56(37(35)3)48-26-17-25-47-44-21-8-7-20-42(44)40-18-5-6-19-41(40)43-22-9-10-24-46(43)57(47)48)62-51-28-13-11-23-45(51)49-34-39(32-33-52(49)62)61-54-30-15-16-31-55(54)63-53-29-14-12-27-50(53)60-59(61)63/h5-34H,1-4H3. The highest BCUT2D eigenvalue weighted by Gasteiger charge is 2.29. The average molecular weight is 807 g/mol. The molecule has 0 spiro atoms. The van der Waals surface area contributed by atoms with Crippen LogP contribution in [-0.2, 0) is 0 Å². The van der Waals surface area contributed by atoms with Crippen LogP contribution in [-0.4, -0.2) is 18.5 Å². The molecule has 0 fully saturated rings. The number of benzene rings is 9. The molecule has 63 heavy (non-hydrogen) atoms. The highest BCUT2D eigenvalue weighted by molar-refractivity contribution is 6.13. The summed E-state index contributed by atoms with van der Waals surface area (Å²) in [6.45, 7) is 9.26. The zero-order valence-corrected chi connectivity index (χ0v) is 35.6. The van der Waals surface area contributed by atoms with Crippen LogP contribution in [0.5, 0.6) is 0 Å². The minimum Gasteiger partial charge on any atom is -0.308 e. The molecule has 0 atom stereocenters. The third-order valence-electron chi connectivity index (χ3n) is 14.2. The molecule has 4 nitrogen and oxygen atoms in total. The van der Waals surface area contributed by atoms with Gasteiger partial charge in [-0.25, -0.2) is 4.98 Å². The first kappa shape index (κ1) is 35.8. The molecule has 0 unspecified atom stereocenters. The summed E-state index contributed by atoms with van der Waals surface area (Å²) < 4.78 is 7.18. The Morgan fingerprint density at radius 3 is 1.56 bits per heavy atom. The number of fused-ring (bicyclic) bond motifs is 16. The van der Waals surface area contributed by atoms with E-state index in [4.69, 9.17) is 4.98 Å². The van der Waals surface area contributed by atoms with Crippen LogP contribution in [0.2, 0.25) is 0 Å². The fourth-order valence-corrected chi connectivity index (χ4v) is 11.0. The summed E-state index contributed by atoms with van der Waals surface area (Å²) >= 11 is 0. The molecule has 0 saturated carbocycles. The third-order valence-corrected chi connectivity index (χ3v) is 14.2. The fraction of sp³-hybridized carbons (Fsp3) is 0.0678. The van der Waals surface area contributed by atoms with Crippen molar-refractivity contribution in [3.8, 4) is 67.0 Å². The van der Waals surface area contributed by atoms with Crippen LogP contribution in [0.4, 0.5) is 0 Å². The smallest absolute Gasteiger partial charge is 0.220 e. The number of nitrogens with zero attached hydrogens (tertiary/aromatic N) is 4. The molecule has 9 aromatic carbocycles. The van der Waals surface area contributed by atoms with Crippen molar-refractivity contribution in [3.05, 3.63) is 204 Å². The summed E-state index contributed by atoms with van der Waals surface area (Å²) in [6, 6.07) is 66.9. The van der Waals surface area contributed by atoms with Crippen LogP contribution in [0.15, 0.2) is 182 Å². The first-order chi connectivity index (χ1) is 31.0. The van der Waals surface area contributed by atoms with Crippen molar-refractivity contribution in [1.82, 2.24) is 18.5 Å². The minimum absolute atomic E-state index is 0.911. The van der Waals surface area contributed by atoms with Gasteiger partial charge in [0.1, 0.15) is 0 Å². The van der Waals surface area contributed by atoms with Gasteiger partial charge in [0, 0.05) is 22.0 Å². The van der Waals surface area contributed by atoms with Crippen molar-refractivity contribution < 1.29 is 0 Å². The Kier molecular flexibility index (Phi) is 7.54. The molecule has 4 heteroatoms. The van der Waals surface area contributed by atoms with Crippen LogP contribution in [0.1, 0.15) is 22.3 Å². The predicted molar refractivity (Wildman–Crippen MR) is 264 cm³/mol. The lowest BCUT2D eigenvalue weighted by Crippen LogP contribution is -2.08. The molecule has 0 radical (unpaired) electrons. The monoisotopic (exact) mass is 806 g/mol. The summed E-state index contributed by atoms with van der Waals surface area (Å²) in [7, 11) is 0. The first-order valence-corrected chi connectivity index (χ1v) is 21.9. The third kappa shape index (κ3) is 4.89. The summed E-state index contributed by atoms with van der Waals surface area (Å²) in [5.41, 5.74) is 26.8. The second-order valence-electron chi connectivity index (χ2n) is 17.2. The van der Waals surface area contributed by atoms with Crippen molar-refractivity contribution in [2.45, 2.75) is 27.7 Å². The van der Waals surface area contributed by atoms with E-state index in [0.717, 1.165) is 33.5 Å². The maximum absolute atomic E-state index is 5.22. The molecular weight excluding hydrogens is 765 g/mol. The largest absolute Gasteiger partial charge is 0.308 e.